The third kappa shape index (κ3) is 4.00. The van der Waals surface area contributed by atoms with Gasteiger partial charge in [-0.15, -0.1) is 0 Å². The molecule has 0 fully saturated rings. The largest absolute Gasteiger partial charge is 0.364 e. The highest BCUT2D eigenvalue weighted by molar-refractivity contribution is 14.1. The van der Waals surface area contributed by atoms with Crippen molar-refractivity contribution in [2.75, 3.05) is 5.32 Å². The van der Waals surface area contributed by atoms with Crippen molar-refractivity contribution in [2.24, 2.45) is 5.73 Å². The van der Waals surface area contributed by atoms with Crippen LogP contribution in [-0.2, 0) is 0 Å². The Morgan fingerprint density at radius 2 is 1.83 bits per heavy atom. The first-order valence-electron chi connectivity index (χ1n) is 8.73. The summed E-state index contributed by atoms with van der Waals surface area (Å²) in [5.74, 6) is -0.0285. The summed E-state index contributed by atoms with van der Waals surface area (Å²) < 4.78 is 0.924. The Morgan fingerprint density at radius 1 is 1.07 bits per heavy atom. The van der Waals surface area contributed by atoms with Crippen molar-refractivity contribution in [3.63, 3.8) is 0 Å². The van der Waals surface area contributed by atoms with E-state index >= 15 is 0 Å². The second kappa shape index (κ2) is 8.40. The molecule has 9 nitrogen and oxygen atoms in total. The molecule has 3 aromatic heterocycles. The molecule has 0 spiro atoms. The molecule has 4 aromatic rings. The summed E-state index contributed by atoms with van der Waals surface area (Å²) in [6.45, 7) is 1.92. The quantitative estimate of drug-likeness (QED) is 0.374. The van der Waals surface area contributed by atoms with Crippen LogP contribution in [0.1, 0.15) is 29.1 Å². The topological polar surface area (TPSA) is 132 Å². The van der Waals surface area contributed by atoms with Crippen molar-refractivity contribution in [1.82, 2.24) is 29.9 Å². The van der Waals surface area contributed by atoms with Crippen LogP contribution in [0.3, 0.4) is 0 Å². The van der Waals surface area contributed by atoms with E-state index in [4.69, 9.17) is 17.3 Å². The number of anilines is 1. The molecule has 1 atom stereocenters. The van der Waals surface area contributed by atoms with Gasteiger partial charge in [0.15, 0.2) is 0 Å². The van der Waals surface area contributed by atoms with Gasteiger partial charge in [-0.05, 0) is 47.7 Å². The van der Waals surface area contributed by atoms with Crippen molar-refractivity contribution in [2.45, 2.75) is 13.0 Å². The SMILES string of the molecule is CC(Nc1ncnc2c(I)cc(Cl)cc12)c1nccnc1-c1cc(C(N)=O)ncn1. The normalized spacial score (nSPS) is 12.0. The zero-order valence-electron chi connectivity index (χ0n) is 15.5. The fraction of sp³-hybridized carbons (Fsp3) is 0.105. The molecular weight excluding hydrogens is 519 g/mol. The van der Waals surface area contributed by atoms with Crippen molar-refractivity contribution >= 4 is 56.8 Å². The van der Waals surface area contributed by atoms with Gasteiger partial charge in [0.1, 0.15) is 29.9 Å². The van der Waals surface area contributed by atoms with E-state index in [2.05, 4.69) is 57.8 Å². The van der Waals surface area contributed by atoms with Crippen LogP contribution in [-0.4, -0.2) is 35.8 Å². The zero-order chi connectivity index (χ0) is 21.3. The number of carbonyl (C=O) groups is 1. The van der Waals surface area contributed by atoms with Gasteiger partial charge < -0.3 is 11.1 Å². The molecule has 0 saturated heterocycles. The zero-order valence-corrected chi connectivity index (χ0v) is 18.5. The summed E-state index contributed by atoms with van der Waals surface area (Å²) in [6.07, 6.45) is 5.91. The number of halogens is 2. The molecule has 0 aliphatic carbocycles. The maximum absolute atomic E-state index is 11.5. The molecule has 1 unspecified atom stereocenters. The monoisotopic (exact) mass is 532 g/mol. The highest BCUT2D eigenvalue weighted by Crippen LogP contribution is 2.31. The Bertz CT molecular complexity index is 1270. The summed E-state index contributed by atoms with van der Waals surface area (Å²) in [6, 6.07) is 4.85. The highest BCUT2D eigenvalue weighted by atomic mass is 127. The lowest BCUT2D eigenvalue weighted by molar-refractivity contribution is 0.0995. The van der Waals surface area contributed by atoms with Crippen LogP contribution in [0.2, 0.25) is 5.02 Å². The van der Waals surface area contributed by atoms with Gasteiger partial charge in [0.25, 0.3) is 5.91 Å². The molecule has 1 amide bonds. The molecule has 30 heavy (non-hydrogen) atoms. The number of rotatable bonds is 5. The molecule has 4 rings (SSSR count). The molecule has 11 heteroatoms. The number of amides is 1. The average Bonchev–Trinajstić information content (AvgIpc) is 2.74. The first-order chi connectivity index (χ1) is 14.4. The summed E-state index contributed by atoms with van der Waals surface area (Å²) in [5, 5.41) is 4.74. The molecular formula is C19H14ClIN8O. The number of benzene rings is 1. The van der Waals surface area contributed by atoms with E-state index in [1.165, 1.54) is 18.7 Å². The standard InChI is InChI=1S/C19H14ClIN8O/c1-9(29-19-11-4-10(20)5-12(21)16(11)27-8-28-19)15-17(24-3-2-23-15)13-6-14(18(22)30)26-7-25-13/h2-9H,1H3,(H2,22,30)(H,27,28,29). The number of primary amides is 1. The van der Waals surface area contributed by atoms with Crippen LogP contribution in [0.5, 0.6) is 0 Å². The van der Waals surface area contributed by atoms with Crippen LogP contribution in [0.4, 0.5) is 5.82 Å². The van der Waals surface area contributed by atoms with Gasteiger partial charge in [-0.1, -0.05) is 11.6 Å². The van der Waals surface area contributed by atoms with E-state index in [9.17, 15) is 4.79 Å². The summed E-state index contributed by atoms with van der Waals surface area (Å²) >= 11 is 8.42. The molecule has 0 bridgehead atoms. The van der Waals surface area contributed by atoms with Gasteiger partial charge in [0.2, 0.25) is 0 Å². The predicted molar refractivity (Wildman–Crippen MR) is 121 cm³/mol. The molecule has 0 aliphatic heterocycles. The summed E-state index contributed by atoms with van der Waals surface area (Å²) in [7, 11) is 0. The van der Waals surface area contributed by atoms with E-state index in [1.807, 2.05) is 19.1 Å². The minimum Gasteiger partial charge on any atom is -0.364 e. The number of nitrogens with two attached hydrogens (primary N) is 1. The van der Waals surface area contributed by atoms with Gasteiger partial charge in [0, 0.05) is 26.4 Å². The van der Waals surface area contributed by atoms with Crippen LogP contribution in [0.15, 0.2) is 43.2 Å². The van der Waals surface area contributed by atoms with Crippen molar-refractivity contribution in [1.29, 1.82) is 0 Å². The van der Waals surface area contributed by atoms with E-state index < -0.39 is 5.91 Å². The fourth-order valence-corrected chi connectivity index (χ4v) is 4.13. The Kier molecular flexibility index (Phi) is 5.68. The smallest absolute Gasteiger partial charge is 0.267 e. The number of hydrogen-bond acceptors (Lipinski definition) is 8. The summed E-state index contributed by atoms with van der Waals surface area (Å²) in [4.78, 5) is 37.2. The minimum absolute atomic E-state index is 0.100. The lowest BCUT2D eigenvalue weighted by Gasteiger charge is -2.18. The number of aromatic nitrogens is 6. The third-order valence-electron chi connectivity index (χ3n) is 4.31. The second-order valence-corrected chi connectivity index (χ2v) is 7.91. The van der Waals surface area contributed by atoms with Crippen molar-refractivity contribution in [3.8, 4) is 11.4 Å². The maximum atomic E-state index is 11.5. The fourth-order valence-electron chi connectivity index (χ4n) is 2.96. The Labute approximate surface area is 189 Å². The average molecular weight is 533 g/mol. The van der Waals surface area contributed by atoms with Gasteiger partial charge in [-0.3, -0.25) is 14.8 Å². The van der Waals surface area contributed by atoms with E-state index in [0.29, 0.717) is 27.9 Å². The predicted octanol–water partition coefficient (Wildman–Crippen LogP) is 3.41. The second-order valence-electron chi connectivity index (χ2n) is 6.32. The molecule has 3 N–H and O–H groups in total. The van der Waals surface area contributed by atoms with Crippen LogP contribution < -0.4 is 11.1 Å². The molecule has 0 saturated carbocycles. The van der Waals surface area contributed by atoms with Gasteiger partial charge in [0.05, 0.1) is 22.9 Å². The molecule has 0 aliphatic rings. The highest BCUT2D eigenvalue weighted by Gasteiger charge is 2.19. The van der Waals surface area contributed by atoms with Crippen molar-refractivity contribution in [3.05, 3.63) is 63.2 Å². The van der Waals surface area contributed by atoms with Gasteiger partial charge >= 0.3 is 0 Å². The van der Waals surface area contributed by atoms with Crippen LogP contribution in [0.25, 0.3) is 22.3 Å². The number of nitrogens with zero attached hydrogens (tertiary/aromatic N) is 6. The molecule has 3 heterocycles. The lowest BCUT2D eigenvalue weighted by atomic mass is 10.1. The maximum Gasteiger partial charge on any atom is 0.267 e. The minimum atomic E-state index is -0.644. The van der Waals surface area contributed by atoms with Crippen LogP contribution >= 0.6 is 34.2 Å². The van der Waals surface area contributed by atoms with Crippen molar-refractivity contribution < 1.29 is 4.79 Å². The first-order valence-corrected chi connectivity index (χ1v) is 10.2. The molecule has 0 radical (unpaired) electrons. The van der Waals surface area contributed by atoms with Crippen LogP contribution in [0, 0.1) is 3.57 Å². The molecule has 150 valence electrons. The number of nitrogens with one attached hydrogen (secondary N) is 1. The molecule has 1 aromatic carbocycles. The number of fused-ring (bicyclic) bond motifs is 1. The van der Waals surface area contributed by atoms with E-state index in [-0.39, 0.29) is 11.7 Å². The number of carbonyl (C=O) groups excluding carboxylic acids is 1. The Hall–Kier alpha value is -2.99. The summed E-state index contributed by atoms with van der Waals surface area (Å²) in [5.41, 5.74) is 7.81. The van der Waals surface area contributed by atoms with Gasteiger partial charge in [-0.25, -0.2) is 19.9 Å². The van der Waals surface area contributed by atoms with Gasteiger partial charge in [-0.2, -0.15) is 0 Å². The Balaban J connectivity index is 1.74. The first kappa shape index (κ1) is 20.3. The lowest BCUT2D eigenvalue weighted by Crippen LogP contribution is -2.15. The Morgan fingerprint density at radius 3 is 2.63 bits per heavy atom. The van der Waals surface area contributed by atoms with E-state index in [0.717, 1.165) is 14.5 Å². The number of hydrogen-bond donors (Lipinski definition) is 2. The van der Waals surface area contributed by atoms with E-state index in [1.54, 1.807) is 12.4 Å². The third-order valence-corrected chi connectivity index (χ3v) is 5.35.